The van der Waals surface area contributed by atoms with Gasteiger partial charge in [-0.2, -0.15) is 0 Å². The maximum Gasteiger partial charge on any atom is 0.410 e. The molecule has 0 radical (unpaired) electrons. The summed E-state index contributed by atoms with van der Waals surface area (Å²) in [6, 6.07) is 12.9. The van der Waals surface area contributed by atoms with Gasteiger partial charge in [0.15, 0.2) is 9.84 Å². The standard InChI is InChI=1S/C20H23NO4S/c1-20(2,3)25-19(22)21-12-16-6-5-15(11-17(16)13-21)14-7-9-18(10-8-14)26(4,23)24/h5-11H,12-13H2,1-4H3. The molecule has 1 aliphatic heterocycles. The molecule has 26 heavy (non-hydrogen) atoms. The summed E-state index contributed by atoms with van der Waals surface area (Å²) in [5.74, 6) is 0. The molecule has 0 spiro atoms. The normalized spacial score (nSPS) is 14.2. The van der Waals surface area contributed by atoms with Crippen LogP contribution in [0.4, 0.5) is 4.79 Å². The topological polar surface area (TPSA) is 63.7 Å². The van der Waals surface area contributed by atoms with Crippen LogP contribution in [0.3, 0.4) is 0 Å². The fourth-order valence-electron chi connectivity index (χ4n) is 2.92. The lowest BCUT2D eigenvalue weighted by Gasteiger charge is -2.24. The number of ether oxygens (including phenoxy) is 1. The van der Waals surface area contributed by atoms with E-state index in [0.717, 1.165) is 22.3 Å². The summed E-state index contributed by atoms with van der Waals surface area (Å²) in [6.45, 7) is 6.61. The fourth-order valence-corrected chi connectivity index (χ4v) is 3.55. The van der Waals surface area contributed by atoms with Gasteiger partial charge in [0.05, 0.1) is 4.90 Å². The van der Waals surface area contributed by atoms with E-state index in [1.807, 2.05) is 32.9 Å². The van der Waals surface area contributed by atoms with Crippen molar-refractivity contribution >= 4 is 15.9 Å². The lowest BCUT2D eigenvalue weighted by Crippen LogP contribution is -2.33. The van der Waals surface area contributed by atoms with Crippen LogP contribution in [0, 0.1) is 0 Å². The van der Waals surface area contributed by atoms with Crippen molar-refractivity contribution in [1.29, 1.82) is 0 Å². The van der Waals surface area contributed by atoms with Gasteiger partial charge in [-0.05, 0) is 61.2 Å². The number of carbonyl (C=O) groups excluding carboxylic acids is 1. The molecule has 6 heteroatoms. The van der Waals surface area contributed by atoms with E-state index < -0.39 is 15.4 Å². The van der Waals surface area contributed by atoms with Gasteiger partial charge in [-0.1, -0.05) is 24.3 Å². The van der Waals surface area contributed by atoms with E-state index in [1.54, 1.807) is 29.2 Å². The highest BCUT2D eigenvalue weighted by atomic mass is 32.2. The van der Waals surface area contributed by atoms with Crippen LogP contribution in [-0.4, -0.2) is 31.3 Å². The van der Waals surface area contributed by atoms with Gasteiger partial charge in [-0.3, -0.25) is 4.90 Å². The highest BCUT2D eigenvalue weighted by molar-refractivity contribution is 7.90. The molecular weight excluding hydrogens is 350 g/mol. The largest absolute Gasteiger partial charge is 0.444 e. The molecule has 0 N–H and O–H groups in total. The van der Waals surface area contributed by atoms with E-state index in [9.17, 15) is 13.2 Å². The maximum atomic E-state index is 12.3. The van der Waals surface area contributed by atoms with E-state index in [-0.39, 0.29) is 6.09 Å². The average molecular weight is 373 g/mol. The second-order valence-electron chi connectivity index (χ2n) is 7.62. The van der Waals surface area contributed by atoms with Crippen LogP contribution >= 0.6 is 0 Å². The quantitative estimate of drug-likeness (QED) is 0.798. The van der Waals surface area contributed by atoms with Crippen LogP contribution < -0.4 is 0 Å². The minimum absolute atomic E-state index is 0.304. The minimum Gasteiger partial charge on any atom is -0.444 e. The molecule has 0 fully saturated rings. The van der Waals surface area contributed by atoms with Gasteiger partial charge in [-0.25, -0.2) is 13.2 Å². The molecule has 0 aliphatic carbocycles. The number of carbonyl (C=O) groups is 1. The van der Waals surface area contributed by atoms with Crippen LogP contribution in [0.5, 0.6) is 0 Å². The number of hydrogen-bond donors (Lipinski definition) is 0. The molecule has 0 bridgehead atoms. The second-order valence-corrected chi connectivity index (χ2v) is 9.63. The number of rotatable bonds is 2. The van der Waals surface area contributed by atoms with Gasteiger partial charge >= 0.3 is 6.09 Å². The van der Waals surface area contributed by atoms with Crippen molar-refractivity contribution in [3.63, 3.8) is 0 Å². The number of benzene rings is 2. The predicted molar refractivity (Wildman–Crippen MR) is 100 cm³/mol. The summed E-state index contributed by atoms with van der Waals surface area (Å²) in [5, 5.41) is 0. The van der Waals surface area contributed by atoms with Crippen LogP contribution in [0.25, 0.3) is 11.1 Å². The Morgan fingerprint density at radius 1 is 0.962 bits per heavy atom. The van der Waals surface area contributed by atoms with Gasteiger partial charge in [0.2, 0.25) is 0 Å². The number of sulfone groups is 1. The number of nitrogens with zero attached hydrogens (tertiary/aromatic N) is 1. The van der Waals surface area contributed by atoms with Gasteiger partial charge in [-0.15, -0.1) is 0 Å². The Kier molecular flexibility index (Phi) is 4.56. The molecule has 2 aromatic rings. The van der Waals surface area contributed by atoms with Gasteiger partial charge < -0.3 is 4.74 Å². The van der Waals surface area contributed by atoms with E-state index in [1.165, 1.54) is 6.26 Å². The first-order valence-electron chi connectivity index (χ1n) is 8.43. The average Bonchev–Trinajstić information content (AvgIpc) is 2.96. The van der Waals surface area contributed by atoms with Crippen LogP contribution in [-0.2, 0) is 27.7 Å². The molecule has 0 saturated heterocycles. The Morgan fingerprint density at radius 2 is 1.54 bits per heavy atom. The van der Waals surface area contributed by atoms with Crippen LogP contribution in [0.15, 0.2) is 47.4 Å². The summed E-state index contributed by atoms with van der Waals surface area (Å²) in [5.41, 5.74) is 3.61. The van der Waals surface area contributed by atoms with Crippen molar-refractivity contribution in [2.45, 2.75) is 44.4 Å². The van der Waals surface area contributed by atoms with Gasteiger partial charge in [0.25, 0.3) is 0 Å². The third kappa shape index (κ3) is 4.07. The van der Waals surface area contributed by atoms with E-state index in [4.69, 9.17) is 4.74 Å². The Labute approximate surface area is 154 Å². The molecule has 3 rings (SSSR count). The van der Waals surface area contributed by atoms with E-state index in [0.29, 0.717) is 18.0 Å². The van der Waals surface area contributed by atoms with Gasteiger partial charge in [0.1, 0.15) is 5.60 Å². The first-order valence-corrected chi connectivity index (χ1v) is 10.3. The molecule has 2 aromatic carbocycles. The Hall–Kier alpha value is -2.34. The highest BCUT2D eigenvalue weighted by Crippen LogP contribution is 2.30. The second kappa shape index (κ2) is 6.43. The van der Waals surface area contributed by atoms with Crippen molar-refractivity contribution < 1.29 is 17.9 Å². The number of fused-ring (bicyclic) bond motifs is 1. The number of hydrogen-bond acceptors (Lipinski definition) is 4. The zero-order valence-corrected chi connectivity index (χ0v) is 16.3. The Balaban J connectivity index is 1.80. The summed E-state index contributed by atoms with van der Waals surface area (Å²) < 4.78 is 28.6. The zero-order valence-electron chi connectivity index (χ0n) is 15.4. The molecule has 0 unspecified atom stereocenters. The maximum absolute atomic E-state index is 12.3. The lowest BCUT2D eigenvalue weighted by molar-refractivity contribution is 0.0242. The molecule has 0 aromatic heterocycles. The van der Waals surface area contributed by atoms with E-state index >= 15 is 0 Å². The predicted octanol–water partition coefficient (Wildman–Crippen LogP) is 4.01. The third-order valence-electron chi connectivity index (χ3n) is 4.20. The molecule has 5 nitrogen and oxygen atoms in total. The first kappa shape index (κ1) is 18.5. The Bertz CT molecular complexity index is 941. The minimum atomic E-state index is -3.20. The zero-order chi connectivity index (χ0) is 19.1. The summed E-state index contributed by atoms with van der Waals surface area (Å²) >= 11 is 0. The van der Waals surface area contributed by atoms with Crippen molar-refractivity contribution in [2.24, 2.45) is 0 Å². The van der Waals surface area contributed by atoms with Crippen molar-refractivity contribution in [3.8, 4) is 11.1 Å². The molecular formula is C20H23NO4S. The summed E-state index contributed by atoms with van der Waals surface area (Å²) in [7, 11) is -3.20. The SMILES string of the molecule is CC(C)(C)OC(=O)N1Cc2ccc(-c3ccc(S(C)(=O)=O)cc3)cc2C1. The highest BCUT2D eigenvalue weighted by Gasteiger charge is 2.27. The smallest absolute Gasteiger partial charge is 0.410 e. The van der Waals surface area contributed by atoms with Crippen molar-refractivity contribution in [1.82, 2.24) is 4.90 Å². The third-order valence-corrected chi connectivity index (χ3v) is 5.32. The first-order chi connectivity index (χ1) is 12.0. The van der Waals surface area contributed by atoms with Crippen molar-refractivity contribution in [3.05, 3.63) is 53.6 Å². The van der Waals surface area contributed by atoms with E-state index in [2.05, 4.69) is 6.07 Å². The number of amides is 1. The van der Waals surface area contributed by atoms with Crippen LogP contribution in [0.1, 0.15) is 31.9 Å². The molecule has 1 amide bonds. The molecule has 1 heterocycles. The van der Waals surface area contributed by atoms with Crippen LogP contribution in [0.2, 0.25) is 0 Å². The molecule has 0 atom stereocenters. The molecule has 1 aliphatic rings. The van der Waals surface area contributed by atoms with Gasteiger partial charge in [0, 0.05) is 19.3 Å². The molecule has 0 saturated carbocycles. The van der Waals surface area contributed by atoms with Crippen molar-refractivity contribution in [2.75, 3.05) is 6.26 Å². The summed E-state index contributed by atoms with van der Waals surface area (Å²) in [6.07, 6.45) is 0.885. The lowest BCUT2D eigenvalue weighted by atomic mass is 10.0. The monoisotopic (exact) mass is 373 g/mol. The Morgan fingerprint density at radius 3 is 2.12 bits per heavy atom. The summed E-state index contributed by atoms with van der Waals surface area (Å²) in [4.78, 5) is 14.3. The molecule has 138 valence electrons. The fraction of sp³-hybridized carbons (Fsp3) is 0.350.